The number of hydrogen-bond donors (Lipinski definition) is 0. The molecule has 0 aliphatic carbocycles. The quantitative estimate of drug-likeness (QED) is 0.579. The Morgan fingerprint density at radius 3 is 2.12 bits per heavy atom. The summed E-state index contributed by atoms with van der Waals surface area (Å²) in [5.74, 6) is -2.10. The van der Waals surface area contributed by atoms with Crippen LogP contribution in [0.2, 0.25) is 26.2 Å². The van der Waals surface area contributed by atoms with Crippen molar-refractivity contribution < 1.29 is 29.9 Å². The van der Waals surface area contributed by atoms with Crippen molar-refractivity contribution in [1.82, 2.24) is 0 Å². The predicted molar refractivity (Wildman–Crippen MR) is 60.9 cm³/mol. The van der Waals surface area contributed by atoms with Crippen LogP contribution in [0.3, 0.4) is 0 Å². The summed E-state index contributed by atoms with van der Waals surface area (Å²) >= 11 is 0. The summed E-state index contributed by atoms with van der Waals surface area (Å²) in [6.07, 6.45) is -6.06. The van der Waals surface area contributed by atoms with Gasteiger partial charge in [-0.25, -0.2) is 4.39 Å². The van der Waals surface area contributed by atoms with E-state index < -0.39 is 44.8 Å². The fourth-order valence-corrected chi connectivity index (χ4v) is 15.1. The molecule has 1 rings (SSSR count). The summed E-state index contributed by atoms with van der Waals surface area (Å²) in [5.41, 5.74) is 0. The van der Waals surface area contributed by atoms with Gasteiger partial charge in [-0.2, -0.15) is 13.2 Å². The molecule has 1 aliphatic rings. The highest BCUT2D eigenvalue weighted by Crippen LogP contribution is 2.33. The van der Waals surface area contributed by atoms with E-state index in [9.17, 15) is 17.6 Å². The summed E-state index contributed by atoms with van der Waals surface area (Å²) in [7, 11) is -8.05. The number of hydrogen-bond acceptors (Lipinski definition) is 3. The average Bonchev–Trinajstić information content (AvgIpc) is 1.94. The van der Waals surface area contributed by atoms with Gasteiger partial charge in [0.2, 0.25) is 0 Å². The van der Waals surface area contributed by atoms with Gasteiger partial charge in [0.1, 0.15) is 0 Å². The third kappa shape index (κ3) is 4.44. The van der Waals surface area contributed by atoms with Gasteiger partial charge in [-0.05, 0) is 26.2 Å². The molecule has 0 aromatic carbocycles. The van der Waals surface area contributed by atoms with Gasteiger partial charge in [-0.15, -0.1) is 0 Å². The highest BCUT2D eigenvalue weighted by molar-refractivity contribution is 6.88. The lowest BCUT2D eigenvalue weighted by atomic mass is 10.5. The minimum atomic E-state index is -4.54. The van der Waals surface area contributed by atoms with Crippen molar-refractivity contribution in [2.24, 2.45) is 0 Å². The third-order valence-corrected chi connectivity index (χ3v) is 14.0. The van der Waals surface area contributed by atoms with Crippen LogP contribution in [0.5, 0.6) is 0 Å². The summed E-state index contributed by atoms with van der Waals surface area (Å²) in [5, 5.41) is 0. The molecule has 10 heteroatoms. The average molecular weight is 308 g/mol. The predicted octanol–water partition coefficient (Wildman–Crippen LogP) is 2.50. The minimum Gasteiger partial charge on any atom is -0.418 e. The second-order valence-electron chi connectivity index (χ2n) is 4.61. The Kier molecular flexibility index (Phi) is 4.26. The van der Waals surface area contributed by atoms with Gasteiger partial charge >= 0.3 is 32.6 Å². The summed E-state index contributed by atoms with van der Waals surface area (Å²) in [4.78, 5) is 0. The molecule has 1 heterocycles. The van der Waals surface area contributed by atoms with Crippen LogP contribution >= 0.6 is 0 Å². The van der Waals surface area contributed by atoms with Gasteiger partial charge in [0.05, 0.1) is 6.42 Å². The van der Waals surface area contributed by atoms with Crippen molar-refractivity contribution in [2.75, 3.05) is 0 Å². The second kappa shape index (κ2) is 4.74. The highest BCUT2D eigenvalue weighted by Gasteiger charge is 2.55. The highest BCUT2D eigenvalue weighted by atomic mass is 28.5. The van der Waals surface area contributed by atoms with Crippen molar-refractivity contribution in [3.63, 3.8) is 0 Å². The van der Waals surface area contributed by atoms with Crippen LogP contribution in [0.15, 0.2) is 0 Å². The van der Waals surface area contributed by atoms with E-state index in [0.717, 1.165) is 0 Å². The van der Waals surface area contributed by atoms with E-state index in [1.165, 1.54) is 6.55 Å². The van der Waals surface area contributed by atoms with Crippen LogP contribution in [-0.2, 0) is 12.3 Å². The monoisotopic (exact) mass is 308 g/mol. The normalized spacial score (nSPS) is 35.6. The summed E-state index contributed by atoms with van der Waals surface area (Å²) < 4.78 is 66.5. The van der Waals surface area contributed by atoms with Crippen molar-refractivity contribution in [3.05, 3.63) is 0 Å². The van der Waals surface area contributed by atoms with Crippen molar-refractivity contribution in [1.29, 1.82) is 0 Å². The zero-order valence-corrected chi connectivity index (χ0v) is 13.3. The molecule has 17 heavy (non-hydrogen) atoms. The van der Waals surface area contributed by atoms with Crippen molar-refractivity contribution in [3.8, 4) is 0 Å². The Balaban J connectivity index is 2.79. The fourth-order valence-electron chi connectivity index (χ4n) is 1.82. The Labute approximate surface area is 101 Å². The summed E-state index contributed by atoms with van der Waals surface area (Å²) in [6, 6.07) is 0. The Bertz CT molecular complexity index is 288. The number of rotatable bonds is 2. The first kappa shape index (κ1) is 15.3. The Hall–Kier alpha value is 0.251. The largest absolute Gasteiger partial charge is 0.418 e. The van der Waals surface area contributed by atoms with E-state index in [1.54, 1.807) is 19.6 Å². The molecule has 3 nitrogen and oxygen atoms in total. The van der Waals surface area contributed by atoms with Crippen LogP contribution in [-0.4, -0.2) is 38.4 Å². The molecule has 0 amide bonds. The molecule has 1 fully saturated rings. The first-order chi connectivity index (χ1) is 7.44. The first-order valence-corrected chi connectivity index (χ1v) is 12.5. The smallest absolute Gasteiger partial charge is 0.391 e. The molecule has 0 spiro atoms. The topological polar surface area (TPSA) is 27.7 Å². The fraction of sp³-hybridized carbons (Fsp3) is 1.00. The molecule has 102 valence electrons. The van der Waals surface area contributed by atoms with Crippen molar-refractivity contribution in [2.45, 2.75) is 44.6 Å². The van der Waals surface area contributed by atoms with E-state index >= 15 is 0 Å². The van der Waals surface area contributed by atoms with E-state index in [2.05, 4.69) is 0 Å². The van der Waals surface area contributed by atoms with Gasteiger partial charge in [-0.1, -0.05) is 0 Å². The van der Waals surface area contributed by atoms with Crippen LogP contribution in [0.1, 0.15) is 6.42 Å². The van der Waals surface area contributed by atoms with Crippen LogP contribution in [0.25, 0.3) is 0 Å². The molecule has 3 unspecified atom stereocenters. The molecule has 0 radical (unpaired) electrons. The van der Waals surface area contributed by atoms with E-state index in [4.69, 9.17) is 12.3 Å². The van der Waals surface area contributed by atoms with E-state index in [0.29, 0.717) is 0 Å². The van der Waals surface area contributed by atoms with Crippen LogP contribution in [0, 0.1) is 0 Å². The number of alkyl halides is 4. The molecular weight excluding hydrogens is 292 g/mol. The molecule has 0 aromatic rings. The Morgan fingerprint density at radius 2 is 1.71 bits per heavy atom. The van der Waals surface area contributed by atoms with Gasteiger partial charge in [0, 0.05) is 0 Å². The maximum Gasteiger partial charge on any atom is 0.391 e. The lowest BCUT2D eigenvalue weighted by Gasteiger charge is -2.44. The molecule has 0 aromatic heterocycles. The lowest BCUT2D eigenvalue weighted by Crippen LogP contribution is -2.65. The van der Waals surface area contributed by atoms with Crippen LogP contribution < -0.4 is 0 Å². The third-order valence-electron chi connectivity index (χ3n) is 2.28. The molecule has 0 bridgehead atoms. The Morgan fingerprint density at radius 1 is 1.18 bits per heavy atom. The first-order valence-electron chi connectivity index (χ1n) is 5.20. The molecule has 1 aliphatic heterocycles. The van der Waals surface area contributed by atoms with Gasteiger partial charge < -0.3 is 12.3 Å². The maximum absolute atomic E-state index is 13.8. The zero-order chi connectivity index (χ0) is 13.5. The molecular formula is C7H16F4O3Si3. The number of halogens is 4. The van der Waals surface area contributed by atoms with E-state index in [-0.39, 0.29) is 0 Å². The molecule has 0 N–H and O–H groups in total. The van der Waals surface area contributed by atoms with Gasteiger partial charge in [0.25, 0.3) is 0 Å². The van der Waals surface area contributed by atoms with E-state index in [1.807, 2.05) is 0 Å². The zero-order valence-electron chi connectivity index (χ0n) is 10.1. The minimum absolute atomic E-state index is 1.35. The van der Waals surface area contributed by atoms with Gasteiger partial charge in [-0.3, -0.25) is 0 Å². The van der Waals surface area contributed by atoms with Crippen molar-refractivity contribution >= 4 is 26.4 Å². The SMILES string of the molecule is C[SiH]1O[Si](C)(C)O[Si](C)(C(F)CC(F)(F)F)O1. The molecule has 3 atom stereocenters. The molecule has 1 saturated heterocycles. The lowest BCUT2D eigenvalue weighted by molar-refractivity contribution is -0.142. The second-order valence-corrected chi connectivity index (χ2v) is 13.9. The van der Waals surface area contributed by atoms with Gasteiger partial charge in [0.15, 0.2) is 5.79 Å². The summed E-state index contributed by atoms with van der Waals surface area (Å²) in [6.45, 7) is 6.43. The maximum atomic E-state index is 13.8. The molecule has 0 saturated carbocycles. The standard InChI is InChI=1S/C7H16F4O3Si3/c1-15-12-16(2,3)14-17(4,13-15)6(8)5-7(9,10)11/h6,15H,5H2,1-4H3. The van der Waals surface area contributed by atoms with Crippen LogP contribution in [0.4, 0.5) is 17.6 Å².